The minimum atomic E-state index is -0.360. The Morgan fingerprint density at radius 3 is 2.40 bits per heavy atom. The molecule has 6 nitrogen and oxygen atoms in total. The van der Waals surface area contributed by atoms with Crippen LogP contribution < -0.4 is 16.8 Å². The number of hydrogen-bond donors (Lipinski definition) is 3. The number of rotatable bonds is 4. The molecular formula is C12H12FN5OS. The predicted molar refractivity (Wildman–Crippen MR) is 76.6 cm³/mol. The molecule has 0 aliphatic rings. The molecule has 2 rings (SSSR count). The predicted octanol–water partition coefficient (Wildman–Crippen LogP) is 1.51. The number of nitrogens with zero attached hydrogens (tertiary/aromatic N) is 2. The van der Waals surface area contributed by atoms with Crippen LogP contribution in [0.15, 0.2) is 35.5 Å². The van der Waals surface area contributed by atoms with Crippen LogP contribution in [0.4, 0.5) is 21.7 Å². The van der Waals surface area contributed by atoms with Gasteiger partial charge in [-0.05, 0) is 24.3 Å². The Morgan fingerprint density at radius 1 is 1.20 bits per heavy atom. The monoisotopic (exact) mass is 293 g/mol. The number of thioether (sulfide) groups is 1. The van der Waals surface area contributed by atoms with E-state index in [4.69, 9.17) is 11.5 Å². The summed E-state index contributed by atoms with van der Waals surface area (Å²) >= 11 is 1.11. The van der Waals surface area contributed by atoms with Gasteiger partial charge in [-0.25, -0.2) is 14.4 Å². The third-order valence-corrected chi connectivity index (χ3v) is 3.05. The Labute approximate surface area is 118 Å². The topological polar surface area (TPSA) is 107 Å². The van der Waals surface area contributed by atoms with Crippen LogP contribution >= 0.6 is 11.8 Å². The van der Waals surface area contributed by atoms with Crippen LogP contribution in [0, 0.1) is 5.82 Å². The average molecular weight is 293 g/mol. The standard InChI is InChI=1S/C12H12FN5OS/c13-7-1-3-8(4-2-7)16-11(19)6-20-12-17-9(14)5-10(15)18-12/h1-5H,6H2,(H,16,19)(H4,14,15,17,18). The second kappa shape index (κ2) is 6.20. The highest BCUT2D eigenvalue weighted by atomic mass is 32.2. The smallest absolute Gasteiger partial charge is 0.234 e. The quantitative estimate of drug-likeness (QED) is 0.582. The third kappa shape index (κ3) is 4.09. The van der Waals surface area contributed by atoms with Gasteiger partial charge in [-0.1, -0.05) is 11.8 Å². The summed E-state index contributed by atoms with van der Waals surface area (Å²) in [6.45, 7) is 0. The Morgan fingerprint density at radius 2 is 1.80 bits per heavy atom. The van der Waals surface area contributed by atoms with Gasteiger partial charge in [0.1, 0.15) is 17.5 Å². The number of nitrogens with one attached hydrogen (secondary N) is 1. The number of aromatic nitrogens is 2. The minimum Gasteiger partial charge on any atom is -0.383 e. The van der Waals surface area contributed by atoms with Crippen LogP contribution in [0.2, 0.25) is 0 Å². The number of nitrogens with two attached hydrogens (primary N) is 2. The maximum Gasteiger partial charge on any atom is 0.234 e. The van der Waals surface area contributed by atoms with Gasteiger partial charge in [0.25, 0.3) is 0 Å². The van der Waals surface area contributed by atoms with Crippen molar-refractivity contribution in [1.82, 2.24) is 9.97 Å². The van der Waals surface area contributed by atoms with E-state index in [1.807, 2.05) is 0 Å². The number of nitrogen functional groups attached to an aromatic ring is 2. The van der Waals surface area contributed by atoms with Gasteiger partial charge in [-0.3, -0.25) is 4.79 Å². The molecular weight excluding hydrogens is 281 g/mol. The number of halogens is 1. The molecule has 0 spiro atoms. The van der Waals surface area contributed by atoms with Gasteiger partial charge < -0.3 is 16.8 Å². The fourth-order valence-corrected chi connectivity index (χ4v) is 2.06. The Balaban J connectivity index is 1.90. The van der Waals surface area contributed by atoms with E-state index in [0.717, 1.165) is 11.8 Å². The lowest BCUT2D eigenvalue weighted by molar-refractivity contribution is -0.113. The summed E-state index contributed by atoms with van der Waals surface area (Å²) in [6, 6.07) is 6.93. The summed E-state index contributed by atoms with van der Waals surface area (Å²) in [5, 5.41) is 2.95. The molecule has 5 N–H and O–H groups in total. The molecule has 0 saturated heterocycles. The first-order valence-corrected chi connectivity index (χ1v) is 6.60. The largest absolute Gasteiger partial charge is 0.383 e. The second-order valence-electron chi connectivity index (χ2n) is 3.84. The van der Waals surface area contributed by atoms with Gasteiger partial charge >= 0.3 is 0 Å². The fraction of sp³-hybridized carbons (Fsp3) is 0.0833. The maximum absolute atomic E-state index is 12.7. The first-order valence-electron chi connectivity index (χ1n) is 5.61. The van der Waals surface area contributed by atoms with E-state index in [1.54, 1.807) is 0 Å². The number of benzene rings is 1. The molecule has 0 fully saturated rings. The van der Waals surface area contributed by atoms with Gasteiger partial charge in [0.15, 0.2) is 5.16 Å². The van der Waals surface area contributed by atoms with Crippen molar-refractivity contribution in [1.29, 1.82) is 0 Å². The molecule has 1 aromatic heterocycles. The summed E-state index contributed by atoms with van der Waals surface area (Å²) < 4.78 is 12.7. The molecule has 0 saturated carbocycles. The van der Waals surface area contributed by atoms with Crippen molar-refractivity contribution in [3.63, 3.8) is 0 Å². The minimum absolute atomic E-state index is 0.0975. The van der Waals surface area contributed by atoms with Crippen molar-refractivity contribution in [2.75, 3.05) is 22.5 Å². The summed E-state index contributed by atoms with van der Waals surface area (Å²) in [5.74, 6) is -0.0228. The van der Waals surface area contributed by atoms with Crippen molar-refractivity contribution in [2.24, 2.45) is 0 Å². The first-order chi connectivity index (χ1) is 9.52. The first kappa shape index (κ1) is 14.1. The molecule has 1 amide bonds. The van der Waals surface area contributed by atoms with Crippen molar-refractivity contribution in [3.8, 4) is 0 Å². The number of hydrogen-bond acceptors (Lipinski definition) is 6. The van der Waals surface area contributed by atoms with Gasteiger partial charge in [0.2, 0.25) is 5.91 Å². The van der Waals surface area contributed by atoms with E-state index < -0.39 is 0 Å². The lowest BCUT2D eigenvalue weighted by Crippen LogP contribution is -2.14. The van der Waals surface area contributed by atoms with Crippen molar-refractivity contribution >= 4 is 35.0 Å². The van der Waals surface area contributed by atoms with E-state index in [0.29, 0.717) is 10.8 Å². The summed E-state index contributed by atoms with van der Waals surface area (Å²) in [6.07, 6.45) is 0. The van der Waals surface area contributed by atoms with Crippen molar-refractivity contribution in [2.45, 2.75) is 5.16 Å². The lowest BCUT2D eigenvalue weighted by atomic mass is 10.3. The molecule has 1 heterocycles. The SMILES string of the molecule is Nc1cc(N)nc(SCC(=O)Nc2ccc(F)cc2)n1. The number of carbonyl (C=O) groups is 1. The Hall–Kier alpha value is -2.35. The van der Waals surface area contributed by atoms with E-state index in [2.05, 4.69) is 15.3 Å². The molecule has 1 aromatic carbocycles. The highest BCUT2D eigenvalue weighted by Crippen LogP contribution is 2.17. The number of amides is 1. The van der Waals surface area contributed by atoms with Crippen LogP contribution in [0.3, 0.4) is 0 Å². The van der Waals surface area contributed by atoms with E-state index >= 15 is 0 Å². The maximum atomic E-state index is 12.7. The highest BCUT2D eigenvalue weighted by Gasteiger charge is 2.07. The second-order valence-corrected chi connectivity index (χ2v) is 4.79. The molecule has 0 aliphatic carbocycles. The molecule has 8 heteroatoms. The van der Waals surface area contributed by atoms with Crippen LogP contribution in [0.25, 0.3) is 0 Å². The highest BCUT2D eigenvalue weighted by molar-refractivity contribution is 7.99. The van der Waals surface area contributed by atoms with Gasteiger partial charge in [0.05, 0.1) is 5.75 Å². The summed E-state index contributed by atoms with van der Waals surface area (Å²) in [5.41, 5.74) is 11.6. The Bertz CT molecular complexity index is 599. The van der Waals surface area contributed by atoms with Gasteiger partial charge in [0, 0.05) is 11.8 Å². The van der Waals surface area contributed by atoms with Crippen LogP contribution in [0.1, 0.15) is 0 Å². The van der Waals surface area contributed by atoms with Crippen LogP contribution in [0.5, 0.6) is 0 Å². The van der Waals surface area contributed by atoms with E-state index in [9.17, 15) is 9.18 Å². The van der Waals surface area contributed by atoms with E-state index in [1.165, 1.54) is 30.3 Å². The molecule has 20 heavy (non-hydrogen) atoms. The zero-order valence-corrected chi connectivity index (χ0v) is 11.2. The number of anilines is 3. The van der Waals surface area contributed by atoms with Crippen molar-refractivity contribution in [3.05, 3.63) is 36.1 Å². The van der Waals surface area contributed by atoms with Crippen molar-refractivity contribution < 1.29 is 9.18 Å². The van der Waals surface area contributed by atoms with Crippen LogP contribution in [-0.2, 0) is 4.79 Å². The summed E-state index contributed by atoms with van der Waals surface area (Å²) in [4.78, 5) is 19.6. The zero-order chi connectivity index (χ0) is 14.5. The average Bonchev–Trinajstić information content (AvgIpc) is 2.38. The lowest BCUT2D eigenvalue weighted by Gasteiger charge is -2.05. The normalized spacial score (nSPS) is 10.2. The fourth-order valence-electron chi connectivity index (χ4n) is 1.39. The molecule has 0 radical (unpaired) electrons. The molecule has 0 atom stereocenters. The number of carbonyl (C=O) groups excluding carboxylic acids is 1. The third-order valence-electron chi connectivity index (χ3n) is 2.21. The molecule has 0 unspecified atom stereocenters. The molecule has 104 valence electrons. The Kier molecular flexibility index (Phi) is 4.36. The molecule has 2 aromatic rings. The molecule has 0 aliphatic heterocycles. The summed E-state index contributed by atoms with van der Waals surface area (Å²) in [7, 11) is 0. The van der Waals surface area contributed by atoms with Crippen LogP contribution in [-0.4, -0.2) is 21.6 Å². The molecule has 0 bridgehead atoms. The van der Waals surface area contributed by atoms with Gasteiger partial charge in [-0.15, -0.1) is 0 Å². The van der Waals surface area contributed by atoms with Gasteiger partial charge in [-0.2, -0.15) is 0 Å². The zero-order valence-electron chi connectivity index (χ0n) is 10.3. The van der Waals surface area contributed by atoms with E-state index in [-0.39, 0.29) is 29.1 Å².